The number of para-hydroxylation sites is 1. The minimum atomic E-state index is -0.794. The third-order valence-electron chi connectivity index (χ3n) is 6.40. The number of anilines is 1. The summed E-state index contributed by atoms with van der Waals surface area (Å²) >= 11 is 0. The highest BCUT2D eigenvalue weighted by atomic mass is 16.5. The van der Waals surface area contributed by atoms with Gasteiger partial charge in [0.2, 0.25) is 0 Å². The van der Waals surface area contributed by atoms with Gasteiger partial charge < -0.3 is 20.1 Å². The number of aliphatic imine (C=N–C) groups is 1. The van der Waals surface area contributed by atoms with E-state index in [0.717, 1.165) is 29.1 Å². The molecule has 2 aliphatic rings. The molecule has 168 valence electrons. The first-order valence-electron chi connectivity index (χ1n) is 11.1. The largest absolute Gasteiger partial charge is 0.497 e. The minimum Gasteiger partial charge on any atom is -0.497 e. The Balaban J connectivity index is 1.50. The van der Waals surface area contributed by atoms with Crippen molar-refractivity contribution in [2.75, 3.05) is 32.1 Å². The number of hydrogen-bond donors (Lipinski definition) is 2. The molecule has 0 spiro atoms. The molecule has 2 amide bonds. The first-order valence-corrected chi connectivity index (χ1v) is 11.1. The van der Waals surface area contributed by atoms with Gasteiger partial charge in [0.1, 0.15) is 5.75 Å². The molecule has 0 aromatic heterocycles. The van der Waals surface area contributed by atoms with E-state index in [4.69, 9.17) is 9.73 Å². The van der Waals surface area contributed by atoms with E-state index in [1.165, 1.54) is 5.56 Å². The van der Waals surface area contributed by atoms with E-state index in [-0.39, 0.29) is 24.3 Å². The summed E-state index contributed by atoms with van der Waals surface area (Å²) in [5, 5.41) is 12.4. The lowest BCUT2D eigenvalue weighted by atomic mass is 9.78. The van der Waals surface area contributed by atoms with Gasteiger partial charge in [0, 0.05) is 37.5 Å². The van der Waals surface area contributed by atoms with Crippen LogP contribution in [-0.4, -0.2) is 54.5 Å². The van der Waals surface area contributed by atoms with Crippen molar-refractivity contribution >= 4 is 23.4 Å². The Morgan fingerprint density at radius 1 is 1.19 bits per heavy atom. The van der Waals surface area contributed by atoms with Gasteiger partial charge in [0.05, 0.1) is 7.11 Å². The molecule has 0 aliphatic carbocycles. The zero-order valence-electron chi connectivity index (χ0n) is 18.3. The maximum atomic E-state index is 12.9. The molecule has 7 heteroatoms. The summed E-state index contributed by atoms with van der Waals surface area (Å²) < 4.78 is 5.36. The Kier molecular flexibility index (Phi) is 6.73. The van der Waals surface area contributed by atoms with Gasteiger partial charge in [-0.25, -0.2) is 4.79 Å². The average molecular weight is 436 g/mol. The van der Waals surface area contributed by atoms with Crippen LogP contribution in [-0.2, 0) is 11.2 Å². The number of nitrogens with one attached hydrogen (secondary N) is 1. The number of carboxylic acid groups (broad SMARTS) is 1. The SMILES string of the molecule is COc1ccc2c(c1)CCN=C2C[C@H]1CN(C(=O)Nc2ccccc2)CC[C@H]1CC(=O)O. The summed E-state index contributed by atoms with van der Waals surface area (Å²) in [6, 6.07) is 15.3. The molecule has 0 saturated carbocycles. The predicted octanol–water partition coefficient (Wildman–Crippen LogP) is 4.08. The van der Waals surface area contributed by atoms with Gasteiger partial charge in [-0.05, 0) is 72.6 Å². The molecular formula is C25H29N3O4. The number of likely N-dealkylation sites (tertiary alicyclic amines) is 1. The first kappa shape index (κ1) is 21.9. The van der Waals surface area contributed by atoms with Crippen molar-refractivity contribution in [3.05, 3.63) is 59.7 Å². The number of carbonyl (C=O) groups excluding carboxylic acids is 1. The number of piperidine rings is 1. The highest BCUT2D eigenvalue weighted by Crippen LogP contribution is 2.33. The summed E-state index contributed by atoms with van der Waals surface area (Å²) in [5.74, 6) is 0.0841. The molecule has 4 rings (SSSR count). The summed E-state index contributed by atoms with van der Waals surface area (Å²) in [7, 11) is 1.66. The zero-order valence-corrected chi connectivity index (χ0v) is 18.3. The molecule has 0 bridgehead atoms. The van der Waals surface area contributed by atoms with Crippen LogP contribution in [0.15, 0.2) is 53.5 Å². The minimum absolute atomic E-state index is 0.0135. The van der Waals surface area contributed by atoms with E-state index in [1.54, 1.807) is 12.0 Å². The molecule has 1 saturated heterocycles. The van der Waals surface area contributed by atoms with E-state index in [0.29, 0.717) is 32.5 Å². The van der Waals surface area contributed by atoms with Crippen LogP contribution in [0.2, 0.25) is 0 Å². The lowest BCUT2D eigenvalue weighted by Gasteiger charge is -2.38. The Hall–Kier alpha value is -3.35. The summed E-state index contributed by atoms with van der Waals surface area (Å²) in [6.45, 7) is 1.78. The van der Waals surface area contributed by atoms with Gasteiger partial charge in [-0.2, -0.15) is 0 Å². The van der Waals surface area contributed by atoms with Crippen LogP contribution in [0.3, 0.4) is 0 Å². The van der Waals surface area contributed by atoms with Crippen molar-refractivity contribution in [3.63, 3.8) is 0 Å². The molecule has 2 aromatic carbocycles. The highest BCUT2D eigenvalue weighted by Gasteiger charge is 2.34. The Labute approximate surface area is 188 Å². The number of fused-ring (bicyclic) bond motifs is 1. The van der Waals surface area contributed by atoms with E-state index in [1.807, 2.05) is 42.5 Å². The van der Waals surface area contributed by atoms with Gasteiger partial charge in [-0.15, -0.1) is 0 Å². The smallest absolute Gasteiger partial charge is 0.321 e. The Bertz CT molecular complexity index is 1010. The number of aliphatic carboxylic acids is 1. The number of amides is 2. The molecule has 0 radical (unpaired) electrons. The number of rotatable bonds is 6. The molecule has 2 aliphatic heterocycles. The van der Waals surface area contributed by atoms with Gasteiger partial charge in [-0.1, -0.05) is 18.2 Å². The fraction of sp³-hybridized carbons (Fsp3) is 0.400. The van der Waals surface area contributed by atoms with Crippen LogP contribution in [0.5, 0.6) is 5.75 Å². The molecular weight excluding hydrogens is 406 g/mol. The van der Waals surface area contributed by atoms with Crippen molar-refractivity contribution in [1.82, 2.24) is 4.90 Å². The number of benzene rings is 2. The number of carbonyl (C=O) groups is 2. The molecule has 7 nitrogen and oxygen atoms in total. The lowest BCUT2D eigenvalue weighted by Crippen LogP contribution is -2.46. The maximum Gasteiger partial charge on any atom is 0.321 e. The van der Waals surface area contributed by atoms with Gasteiger partial charge in [0.15, 0.2) is 0 Å². The molecule has 32 heavy (non-hydrogen) atoms. The van der Waals surface area contributed by atoms with Crippen LogP contribution in [0, 0.1) is 11.8 Å². The normalized spacial score (nSPS) is 20.2. The van der Waals surface area contributed by atoms with E-state index in [2.05, 4.69) is 11.4 Å². The standard InChI is InChI=1S/C25H29N3O4/c1-32-21-7-8-22-18(13-21)9-11-26-23(22)14-19-16-28(12-10-17(19)15-24(29)30)25(31)27-20-5-3-2-4-6-20/h2-8,13,17,19H,9-12,14-16H2,1H3,(H,27,31)(H,29,30)/t17-,19-/m0/s1. The fourth-order valence-corrected chi connectivity index (χ4v) is 4.72. The van der Waals surface area contributed by atoms with E-state index < -0.39 is 5.97 Å². The third-order valence-corrected chi connectivity index (χ3v) is 6.40. The highest BCUT2D eigenvalue weighted by molar-refractivity contribution is 6.03. The van der Waals surface area contributed by atoms with Gasteiger partial charge in [-0.3, -0.25) is 9.79 Å². The van der Waals surface area contributed by atoms with Crippen LogP contribution >= 0.6 is 0 Å². The predicted molar refractivity (Wildman–Crippen MR) is 124 cm³/mol. The fourth-order valence-electron chi connectivity index (χ4n) is 4.72. The van der Waals surface area contributed by atoms with E-state index in [9.17, 15) is 14.7 Å². The Morgan fingerprint density at radius 2 is 2.00 bits per heavy atom. The van der Waals surface area contributed by atoms with Crippen LogP contribution in [0.1, 0.15) is 30.4 Å². The second kappa shape index (κ2) is 9.85. The molecule has 2 aromatic rings. The number of methoxy groups -OCH3 is 1. The topological polar surface area (TPSA) is 91.2 Å². The number of hydrogen-bond acceptors (Lipinski definition) is 4. The first-order chi connectivity index (χ1) is 15.5. The molecule has 2 atom stereocenters. The van der Waals surface area contributed by atoms with Crippen LogP contribution < -0.4 is 10.1 Å². The molecule has 0 unspecified atom stereocenters. The molecule has 1 fully saturated rings. The second-order valence-electron chi connectivity index (χ2n) is 8.45. The average Bonchev–Trinajstić information content (AvgIpc) is 2.80. The third kappa shape index (κ3) is 5.10. The van der Waals surface area contributed by atoms with Crippen LogP contribution in [0.25, 0.3) is 0 Å². The number of carboxylic acids is 1. The van der Waals surface area contributed by atoms with Gasteiger partial charge >= 0.3 is 12.0 Å². The molecule has 2 heterocycles. The van der Waals surface area contributed by atoms with Crippen molar-refractivity contribution in [3.8, 4) is 5.75 Å². The monoisotopic (exact) mass is 435 g/mol. The Morgan fingerprint density at radius 3 is 2.75 bits per heavy atom. The van der Waals surface area contributed by atoms with E-state index >= 15 is 0 Å². The van der Waals surface area contributed by atoms with Crippen molar-refractivity contribution in [1.29, 1.82) is 0 Å². The van der Waals surface area contributed by atoms with Crippen LogP contribution in [0.4, 0.5) is 10.5 Å². The summed E-state index contributed by atoms with van der Waals surface area (Å²) in [6.07, 6.45) is 2.31. The number of nitrogens with zero attached hydrogens (tertiary/aromatic N) is 2. The lowest BCUT2D eigenvalue weighted by molar-refractivity contribution is -0.138. The summed E-state index contributed by atoms with van der Waals surface area (Å²) in [4.78, 5) is 30.9. The van der Waals surface area contributed by atoms with Crippen molar-refractivity contribution in [2.24, 2.45) is 16.8 Å². The number of ether oxygens (including phenoxy) is 1. The quantitative estimate of drug-likeness (QED) is 0.715. The number of urea groups is 1. The van der Waals surface area contributed by atoms with Gasteiger partial charge in [0.25, 0.3) is 0 Å². The summed E-state index contributed by atoms with van der Waals surface area (Å²) in [5.41, 5.74) is 4.07. The maximum absolute atomic E-state index is 12.9. The second-order valence-corrected chi connectivity index (χ2v) is 8.45. The molecule has 2 N–H and O–H groups in total. The zero-order chi connectivity index (χ0) is 22.5. The van der Waals surface area contributed by atoms with Crippen molar-refractivity contribution in [2.45, 2.75) is 25.7 Å². The van der Waals surface area contributed by atoms with Crippen molar-refractivity contribution < 1.29 is 19.4 Å².